The predicted molar refractivity (Wildman–Crippen MR) is 61.9 cm³/mol. The first-order chi connectivity index (χ1) is 8.54. The number of ketones is 1. The molecule has 0 saturated heterocycles. The first-order valence-electron chi connectivity index (χ1n) is 5.29. The summed E-state index contributed by atoms with van der Waals surface area (Å²) in [4.78, 5) is 22.5. The zero-order chi connectivity index (χ0) is 13.3. The van der Waals surface area contributed by atoms with E-state index >= 15 is 0 Å². The smallest absolute Gasteiger partial charge is 0.337 e. The van der Waals surface area contributed by atoms with E-state index in [-0.39, 0.29) is 23.7 Å². The molecule has 94 valence electrons. The molecule has 5 heteroatoms. The monoisotopic (exact) mass is 250 g/mol. The Hall–Kier alpha value is -2.17. The Balaban J connectivity index is 2.48. The minimum absolute atomic E-state index is 0.00430. The van der Waals surface area contributed by atoms with E-state index < -0.39 is 11.8 Å². The van der Waals surface area contributed by atoms with Crippen molar-refractivity contribution in [3.63, 3.8) is 0 Å². The van der Waals surface area contributed by atoms with Gasteiger partial charge in [0.2, 0.25) is 0 Å². The van der Waals surface area contributed by atoms with Crippen LogP contribution in [-0.4, -0.2) is 25.5 Å². The molecule has 1 aliphatic rings. The molecule has 18 heavy (non-hydrogen) atoms. The van der Waals surface area contributed by atoms with Crippen LogP contribution in [0.1, 0.15) is 22.8 Å². The van der Waals surface area contributed by atoms with Gasteiger partial charge < -0.3 is 9.47 Å². The number of ether oxygens (including phenoxy) is 2. The molecule has 0 aromatic heterocycles. The van der Waals surface area contributed by atoms with Crippen molar-refractivity contribution in [2.75, 3.05) is 13.7 Å². The van der Waals surface area contributed by atoms with Gasteiger partial charge in [-0.3, -0.25) is 4.79 Å². The van der Waals surface area contributed by atoms with Gasteiger partial charge in [0, 0.05) is 5.56 Å². The van der Waals surface area contributed by atoms with Gasteiger partial charge in [0.15, 0.2) is 17.3 Å². The van der Waals surface area contributed by atoms with Gasteiger partial charge in [-0.1, -0.05) is 6.07 Å². The molecular formula is C13H11FO4. The molecule has 0 radical (unpaired) electrons. The average molecular weight is 250 g/mol. The Labute approximate surface area is 103 Å². The summed E-state index contributed by atoms with van der Waals surface area (Å²) >= 11 is 0. The lowest BCUT2D eigenvalue weighted by molar-refractivity contribution is -0.136. The van der Waals surface area contributed by atoms with Crippen LogP contribution in [0.3, 0.4) is 0 Å². The van der Waals surface area contributed by atoms with Crippen molar-refractivity contribution in [2.45, 2.75) is 6.92 Å². The Morgan fingerprint density at radius 3 is 2.72 bits per heavy atom. The second kappa shape index (κ2) is 4.60. The van der Waals surface area contributed by atoms with Crippen LogP contribution in [-0.2, 0) is 9.53 Å². The first-order valence-corrected chi connectivity index (χ1v) is 5.29. The number of carbonyl (C=O) groups excluding carboxylic acids is 2. The molecular weight excluding hydrogens is 239 g/mol. The number of fused-ring (bicyclic) bond motifs is 1. The van der Waals surface area contributed by atoms with Crippen molar-refractivity contribution in [2.24, 2.45) is 0 Å². The molecule has 0 unspecified atom stereocenters. The van der Waals surface area contributed by atoms with Gasteiger partial charge in [-0.2, -0.15) is 0 Å². The Kier molecular flexibility index (Phi) is 3.14. The van der Waals surface area contributed by atoms with Crippen molar-refractivity contribution >= 4 is 17.8 Å². The van der Waals surface area contributed by atoms with Crippen molar-refractivity contribution in [1.29, 1.82) is 0 Å². The van der Waals surface area contributed by atoms with Gasteiger partial charge in [0.1, 0.15) is 6.61 Å². The molecule has 1 heterocycles. The lowest BCUT2D eigenvalue weighted by atomic mass is 10.0. The molecule has 1 aromatic carbocycles. The maximum absolute atomic E-state index is 13.9. The summed E-state index contributed by atoms with van der Waals surface area (Å²) in [5.74, 6) is -1.59. The topological polar surface area (TPSA) is 52.6 Å². The molecule has 0 N–H and O–H groups in total. The van der Waals surface area contributed by atoms with E-state index in [0.29, 0.717) is 11.1 Å². The van der Waals surface area contributed by atoms with Crippen LogP contribution in [0.4, 0.5) is 4.39 Å². The third kappa shape index (κ3) is 1.99. The van der Waals surface area contributed by atoms with Gasteiger partial charge in [-0.15, -0.1) is 0 Å². The number of carbonyl (C=O) groups is 2. The predicted octanol–water partition coefficient (Wildman–Crippen LogP) is 1.98. The third-order valence-electron chi connectivity index (χ3n) is 2.66. The molecule has 0 bridgehead atoms. The van der Waals surface area contributed by atoms with Crippen molar-refractivity contribution < 1.29 is 23.5 Å². The summed E-state index contributed by atoms with van der Waals surface area (Å²) in [6, 6.07) is 2.91. The number of halogens is 1. The molecule has 0 atom stereocenters. The van der Waals surface area contributed by atoms with Crippen molar-refractivity contribution in [3.8, 4) is 5.75 Å². The molecule has 2 rings (SSSR count). The highest BCUT2D eigenvalue weighted by Crippen LogP contribution is 2.31. The first kappa shape index (κ1) is 12.3. The average Bonchev–Trinajstić information content (AvgIpc) is 2.37. The lowest BCUT2D eigenvalue weighted by Gasteiger charge is -2.18. The zero-order valence-corrected chi connectivity index (χ0v) is 9.95. The normalized spacial score (nSPS) is 13.2. The summed E-state index contributed by atoms with van der Waals surface area (Å²) < 4.78 is 23.7. The molecule has 0 aliphatic carbocycles. The van der Waals surface area contributed by atoms with Crippen LogP contribution in [0.15, 0.2) is 17.7 Å². The van der Waals surface area contributed by atoms with E-state index in [1.807, 2.05) is 0 Å². The van der Waals surface area contributed by atoms with Crippen LogP contribution in [0.2, 0.25) is 0 Å². The van der Waals surface area contributed by atoms with E-state index in [0.717, 1.165) is 0 Å². The van der Waals surface area contributed by atoms with Crippen LogP contribution < -0.4 is 4.74 Å². The van der Waals surface area contributed by atoms with Crippen LogP contribution in [0, 0.1) is 5.82 Å². The molecule has 1 aromatic rings. The van der Waals surface area contributed by atoms with Crippen LogP contribution in [0.5, 0.6) is 5.75 Å². The highest BCUT2D eigenvalue weighted by Gasteiger charge is 2.23. The maximum atomic E-state index is 13.9. The van der Waals surface area contributed by atoms with Crippen LogP contribution in [0.25, 0.3) is 6.08 Å². The van der Waals surface area contributed by atoms with Crippen LogP contribution >= 0.6 is 0 Å². The highest BCUT2D eigenvalue weighted by atomic mass is 19.1. The van der Waals surface area contributed by atoms with E-state index in [2.05, 4.69) is 4.74 Å². The largest absolute Gasteiger partial charge is 0.485 e. The fourth-order valence-electron chi connectivity index (χ4n) is 1.73. The summed E-state index contributed by atoms with van der Waals surface area (Å²) in [6.07, 6.45) is 1.50. The summed E-state index contributed by atoms with van der Waals surface area (Å²) in [7, 11) is 1.26. The molecule has 1 aliphatic heterocycles. The molecule has 0 amide bonds. The minimum Gasteiger partial charge on any atom is -0.485 e. The fraction of sp³-hybridized carbons (Fsp3) is 0.231. The SMILES string of the molecule is COC(=O)C1=Cc2ccc(C(C)=O)c(F)c2OC1. The van der Waals surface area contributed by atoms with Gasteiger partial charge in [0.05, 0.1) is 18.2 Å². The number of Topliss-reactive ketones (excluding diaryl/α,β-unsaturated/α-hetero) is 1. The standard InChI is InChI=1S/C13H11FO4/c1-7(15)10-4-3-8-5-9(13(16)17-2)6-18-12(8)11(10)14/h3-5H,6H2,1-2H3. The summed E-state index contributed by atoms with van der Waals surface area (Å²) in [6.45, 7) is 1.21. The van der Waals surface area contributed by atoms with Gasteiger partial charge >= 0.3 is 5.97 Å². The molecule has 0 spiro atoms. The zero-order valence-electron chi connectivity index (χ0n) is 9.95. The van der Waals surface area contributed by atoms with Gasteiger partial charge in [-0.25, -0.2) is 9.18 Å². The molecule has 0 saturated carbocycles. The number of methoxy groups -OCH3 is 1. The van der Waals surface area contributed by atoms with E-state index in [1.165, 1.54) is 32.2 Å². The summed E-state index contributed by atoms with van der Waals surface area (Å²) in [5, 5.41) is 0. The van der Waals surface area contributed by atoms with Gasteiger partial charge in [0.25, 0.3) is 0 Å². The van der Waals surface area contributed by atoms with E-state index in [1.54, 1.807) is 0 Å². The third-order valence-corrected chi connectivity index (χ3v) is 2.66. The number of hydrogen-bond donors (Lipinski definition) is 0. The number of hydrogen-bond acceptors (Lipinski definition) is 4. The Morgan fingerprint density at radius 1 is 1.39 bits per heavy atom. The van der Waals surface area contributed by atoms with Crippen molar-refractivity contribution in [1.82, 2.24) is 0 Å². The second-order valence-electron chi connectivity index (χ2n) is 3.85. The Bertz CT molecular complexity index is 560. The minimum atomic E-state index is -0.694. The number of rotatable bonds is 2. The maximum Gasteiger partial charge on any atom is 0.337 e. The number of benzene rings is 1. The van der Waals surface area contributed by atoms with E-state index in [9.17, 15) is 14.0 Å². The molecule has 4 nitrogen and oxygen atoms in total. The summed E-state index contributed by atoms with van der Waals surface area (Å²) in [5.41, 5.74) is 0.702. The van der Waals surface area contributed by atoms with E-state index in [4.69, 9.17) is 4.74 Å². The highest BCUT2D eigenvalue weighted by molar-refractivity contribution is 5.97. The van der Waals surface area contributed by atoms with Crippen molar-refractivity contribution in [3.05, 3.63) is 34.6 Å². The molecule has 0 fully saturated rings. The fourth-order valence-corrected chi connectivity index (χ4v) is 1.73. The lowest BCUT2D eigenvalue weighted by Crippen LogP contribution is -2.17. The number of esters is 1. The second-order valence-corrected chi connectivity index (χ2v) is 3.85. The Morgan fingerprint density at radius 2 is 2.11 bits per heavy atom. The van der Waals surface area contributed by atoms with Gasteiger partial charge in [-0.05, 0) is 19.1 Å². The quantitative estimate of drug-likeness (QED) is 0.595.